The Hall–Kier alpha value is -1.40. The summed E-state index contributed by atoms with van der Waals surface area (Å²) in [6.07, 6.45) is 4.88. The summed E-state index contributed by atoms with van der Waals surface area (Å²) in [7, 11) is -0.0539. The standard InChI is InChI=1S/C19H28N2O3S/c1-13(2)21(4)25(23,24)17-11-9-16(10-12-17)19(22)20(3)18(14-5-6-14)15-7-8-15/h9-15,18H,5-8H2,1-4H3. The van der Waals surface area contributed by atoms with Crippen molar-refractivity contribution in [1.82, 2.24) is 9.21 Å². The molecule has 0 heterocycles. The number of carbonyl (C=O) groups excluding carboxylic acids is 1. The van der Waals surface area contributed by atoms with Crippen LogP contribution in [0.5, 0.6) is 0 Å². The predicted octanol–water partition coefficient (Wildman–Crippen LogP) is 2.98. The van der Waals surface area contributed by atoms with E-state index in [1.165, 1.54) is 30.0 Å². The predicted molar refractivity (Wildman–Crippen MR) is 97.9 cm³/mol. The van der Waals surface area contributed by atoms with E-state index in [4.69, 9.17) is 0 Å². The van der Waals surface area contributed by atoms with Crippen LogP contribution >= 0.6 is 0 Å². The molecule has 0 saturated heterocycles. The largest absolute Gasteiger partial charge is 0.338 e. The zero-order valence-electron chi connectivity index (χ0n) is 15.5. The number of amides is 1. The summed E-state index contributed by atoms with van der Waals surface area (Å²) >= 11 is 0. The molecule has 6 heteroatoms. The van der Waals surface area contributed by atoms with Gasteiger partial charge in [-0.05, 0) is 75.6 Å². The monoisotopic (exact) mass is 364 g/mol. The lowest BCUT2D eigenvalue weighted by Gasteiger charge is -2.28. The summed E-state index contributed by atoms with van der Waals surface area (Å²) in [6.45, 7) is 3.67. The van der Waals surface area contributed by atoms with E-state index in [0.29, 0.717) is 23.4 Å². The van der Waals surface area contributed by atoms with Crippen LogP contribution in [0.15, 0.2) is 29.2 Å². The maximum atomic E-state index is 12.8. The Labute approximate surface area is 151 Å². The molecule has 1 aromatic carbocycles. The molecule has 2 fully saturated rings. The summed E-state index contributed by atoms with van der Waals surface area (Å²) in [5, 5.41) is 0. The Balaban J connectivity index is 1.76. The van der Waals surface area contributed by atoms with Crippen molar-refractivity contribution in [3.63, 3.8) is 0 Å². The lowest BCUT2D eigenvalue weighted by atomic mass is 10.0. The lowest BCUT2D eigenvalue weighted by Crippen LogP contribution is -2.40. The molecule has 0 unspecified atom stereocenters. The van der Waals surface area contributed by atoms with Crippen LogP contribution in [0.25, 0.3) is 0 Å². The topological polar surface area (TPSA) is 57.7 Å². The molecule has 1 aromatic rings. The van der Waals surface area contributed by atoms with E-state index in [-0.39, 0.29) is 16.8 Å². The van der Waals surface area contributed by atoms with Gasteiger partial charge in [0.05, 0.1) is 4.90 Å². The van der Waals surface area contributed by atoms with Gasteiger partial charge >= 0.3 is 0 Å². The highest BCUT2D eigenvalue weighted by atomic mass is 32.2. The number of benzene rings is 1. The van der Waals surface area contributed by atoms with Crippen molar-refractivity contribution < 1.29 is 13.2 Å². The van der Waals surface area contributed by atoms with Crippen LogP contribution in [-0.2, 0) is 10.0 Å². The fourth-order valence-electron chi connectivity index (χ4n) is 3.45. The van der Waals surface area contributed by atoms with Gasteiger partial charge in [-0.15, -0.1) is 0 Å². The minimum Gasteiger partial charge on any atom is -0.338 e. The second kappa shape index (κ2) is 6.72. The molecule has 0 spiro atoms. The second-order valence-corrected chi connectivity index (χ2v) is 9.72. The van der Waals surface area contributed by atoms with E-state index in [9.17, 15) is 13.2 Å². The van der Waals surface area contributed by atoms with E-state index in [1.54, 1.807) is 31.3 Å². The summed E-state index contributed by atoms with van der Waals surface area (Å²) in [5.41, 5.74) is 0.556. The van der Waals surface area contributed by atoms with Gasteiger partial charge in [0.15, 0.2) is 0 Å². The highest BCUT2D eigenvalue weighted by Gasteiger charge is 2.45. The van der Waals surface area contributed by atoms with Crippen molar-refractivity contribution in [1.29, 1.82) is 0 Å². The van der Waals surface area contributed by atoms with Gasteiger partial charge in [-0.1, -0.05) is 0 Å². The van der Waals surface area contributed by atoms with Gasteiger partial charge in [-0.25, -0.2) is 8.42 Å². The van der Waals surface area contributed by atoms with E-state index < -0.39 is 10.0 Å². The van der Waals surface area contributed by atoms with Gasteiger partial charge in [0.1, 0.15) is 0 Å². The SMILES string of the molecule is CC(C)N(C)S(=O)(=O)c1ccc(C(=O)N(C)C(C2CC2)C2CC2)cc1. The first-order chi connectivity index (χ1) is 11.7. The third-order valence-corrected chi connectivity index (χ3v) is 7.53. The van der Waals surface area contributed by atoms with Gasteiger partial charge in [-0.3, -0.25) is 4.79 Å². The molecule has 0 radical (unpaired) electrons. The number of hydrogen-bond acceptors (Lipinski definition) is 3. The Morgan fingerprint density at radius 1 is 1.00 bits per heavy atom. The second-order valence-electron chi connectivity index (χ2n) is 7.72. The van der Waals surface area contributed by atoms with Crippen LogP contribution in [0.4, 0.5) is 0 Å². The van der Waals surface area contributed by atoms with Crippen molar-refractivity contribution in [2.75, 3.05) is 14.1 Å². The van der Waals surface area contributed by atoms with Gasteiger partial charge in [-0.2, -0.15) is 4.31 Å². The van der Waals surface area contributed by atoms with Crippen LogP contribution in [0.3, 0.4) is 0 Å². The van der Waals surface area contributed by atoms with Crippen LogP contribution in [0, 0.1) is 11.8 Å². The molecule has 1 amide bonds. The van der Waals surface area contributed by atoms with Gasteiger partial charge < -0.3 is 4.90 Å². The molecule has 138 valence electrons. The van der Waals surface area contributed by atoms with E-state index in [1.807, 2.05) is 25.8 Å². The third kappa shape index (κ3) is 3.75. The van der Waals surface area contributed by atoms with Crippen molar-refractivity contribution in [3.05, 3.63) is 29.8 Å². The summed E-state index contributed by atoms with van der Waals surface area (Å²) in [6, 6.07) is 6.59. The Morgan fingerprint density at radius 2 is 1.48 bits per heavy atom. The van der Waals surface area contributed by atoms with Crippen molar-refractivity contribution in [2.45, 2.75) is 56.5 Å². The first-order valence-corrected chi connectivity index (χ1v) is 10.5. The Kier molecular flexibility index (Phi) is 4.95. The summed E-state index contributed by atoms with van der Waals surface area (Å²) in [5.74, 6) is 1.30. The minimum atomic E-state index is -3.52. The molecule has 2 aliphatic rings. The molecular formula is C19H28N2O3S. The smallest absolute Gasteiger partial charge is 0.253 e. The highest BCUT2D eigenvalue weighted by Crippen LogP contribution is 2.47. The number of carbonyl (C=O) groups is 1. The summed E-state index contributed by atoms with van der Waals surface area (Å²) < 4.78 is 26.4. The Bertz CT molecular complexity index is 722. The average Bonchev–Trinajstić information content (AvgIpc) is 3.48. The number of hydrogen-bond donors (Lipinski definition) is 0. The normalized spacial score (nSPS) is 18.2. The van der Waals surface area contributed by atoms with Crippen molar-refractivity contribution in [3.8, 4) is 0 Å². The molecule has 2 aliphatic carbocycles. The number of sulfonamides is 1. The first-order valence-electron chi connectivity index (χ1n) is 9.08. The van der Waals surface area contributed by atoms with Crippen LogP contribution in [0.1, 0.15) is 49.9 Å². The molecular weight excluding hydrogens is 336 g/mol. The fraction of sp³-hybridized carbons (Fsp3) is 0.632. The minimum absolute atomic E-state index is 0.00929. The third-order valence-electron chi connectivity index (χ3n) is 5.48. The number of nitrogens with zero attached hydrogens (tertiary/aromatic N) is 2. The van der Waals surface area contributed by atoms with E-state index in [0.717, 1.165) is 0 Å². The molecule has 0 bridgehead atoms. The fourth-order valence-corrected chi connectivity index (χ4v) is 4.81. The zero-order chi connectivity index (χ0) is 18.4. The molecule has 0 atom stereocenters. The summed E-state index contributed by atoms with van der Waals surface area (Å²) in [4.78, 5) is 14.9. The van der Waals surface area contributed by atoms with Crippen molar-refractivity contribution >= 4 is 15.9 Å². The Morgan fingerprint density at radius 3 is 1.88 bits per heavy atom. The zero-order valence-corrected chi connectivity index (χ0v) is 16.3. The average molecular weight is 365 g/mol. The maximum Gasteiger partial charge on any atom is 0.253 e. The van der Waals surface area contributed by atoms with E-state index in [2.05, 4.69) is 0 Å². The molecule has 3 rings (SSSR count). The van der Waals surface area contributed by atoms with Crippen LogP contribution < -0.4 is 0 Å². The molecule has 25 heavy (non-hydrogen) atoms. The molecule has 2 saturated carbocycles. The molecule has 0 N–H and O–H groups in total. The van der Waals surface area contributed by atoms with Crippen LogP contribution in [-0.4, -0.2) is 49.7 Å². The van der Waals surface area contributed by atoms with Gasteiger partial charge in [0.25, 0.3) is 5.91 Å². The molecule has 5 nitrogen and oxygen atoms in total. The molecule has 0 aromatic heterocycles. The van der Waals surface area contributed by atoms with Gasteiger partial charge in [0.2, 0.25) is 10.0 Å². The first kappa shape index (κ1) is 18.4. The lowest BCUT2D eigenvalue weighted by molar-refractivity contribution is 0.0690. The van der Waals surface area contributed by atoms with Gasteiger partial charge in [0, 0.05) is 31.7 Å². The number of rotatable bonds is 7. The highest BCUT2D eigenvalue weighted by molar-refractivity contribution is 7.89. The maximum absolute atomic E-state index is 12.8. The van der Waals surface area contributed by atoms with Crippen molar-refractivity contribution in [2.24, 2.45) is 11.8 Å². The van der Waals surface area contributed by atoms with Crippen LogP contribution in [0.2, 0.25) is 0 Å². The molecule has 0 aliphatic heterocycles. The quantitative estimate of drug-likeness (QED) is 0.747. The van der Waals surface area contributed by atoms with E-state index >= 15 is 0 Å².